The normalized spacial score (nSPS) is 13.2. The predicted molar refractivity (Wildman–Crippen MR) is 58.6 cm³/mol. The molecule has 0 aromatic carbocycles. The minimum atomic E-state index is 0.617. The van der Waals surface area contributed by atoms with Crippen LogP contribution in [0.3, 0.4) is 0 Å². The second kappa shape index (κ2) is 5.00. The Bertz CT molecular complexity index is 234. The van der Waals surface area contributed by atoms with Crippen LogP contribution in [-0.4, -0.2) is 6.04 Å². The molecule has 1 N–H and O–H groups in total. The van der Waals surface area contributed by atoms with Crippen LogP contribution in [0, 0.1) is 0 Å². The summed E-state index contributed by atoms with van der Waals surface area (Å²) in [7, 11) is 0. The number of rotatable bonds is 4. The van der Waals surface area contributed by atoms with Gasteiger partial charge >= 0.3 is 0 Å². The van der Waals surface area contributed by atoms with Gasteiger partial charge in [0.25, 0.3) is 0 Å². The molecule has 68 valence electrons. The van der Waals surface area contributed by atoms with E-state index in [1.807, 2.05) is 0 Å². The second-order valence-electron chi connectivity index (χ2n) is 2.90. The molecule has 0 amide bonds. The Kier molecular flexibility index (Phi) is 4.26. The monoisotopic (exact) mass is 247 g/mol. The first-order valence-corrected chi connectivity index (χ1v) is 5.81. The van der Waals surface area contributed by atoms with Crippen LogP contribution in [0.15, 0.2) is 15.9 Å². The molecule has 0 saturated carbocycles. The molecule has 1 heterocycles. The van der Waals surface area contributed by atoms with Crippen LogP contribution in [0.4, 0.5) is 0 Å². The molecule has 0 unspecified atom stereocenters. The van der Waals surface area contributed by atoms with E-state index in [1.54, 1.807) is 11.3 Å². The van der Waals surface area contributed by atoms with E-state index in [9.17, 15) is 0 Å². The third kappa shape index (κ3) is 3.25. The van der Waals surface area contributed by atoms with E-state index in [1.165, 1.54) is 15.1 Å². The van der Waals surface area contributed by atoms with E-state index in [-0.39, 0.29) is 0 Å². The van der Waals surface area contributed by atoms with E-state index < -0.39 is 0 Å². The largest absolute Gasteiger partial charge is 0.309 e. The first-order valence-electron chi connectivity index (χ1n) is 4.20. The van der Waals surface area contributed by atoms with Crippen molar-refractivity contribution in [2.24, 2.45) is 0 Å². The van der Waals surface area contributed by atoms with E-state index >= 15 is 0 Å². The molecule has 0 saturated heterocycles. The average Bonchev–Trinajstić information content (AvgIpc) is 2.47. The fourth-order valence-electron chi connectivity index (χ4n) is 0.866. The molecule has 0 aliphatic carbocycles. The van der Waals surface area contributed by atoms with E-state index in [4.69, 9.17) is 0 Å². The van der Waals surface area contributed by atoms with Gasteiger partial charge in [-0.1, -0.05) is 6.92 Å². The molecule has 1 atom stereocenters. The van der Waals surface area contributed by atoms with Crippen molar-refractivity contribution in [3.63, 3.8) is 0 Å². The Morgan fingerprint density at radius 3 is 2.83 bits per heavy atom. The van der Waals surface area contributed by atoms with Gasteiger partial charge in [-0.05, 0) is 41.4 Å². The molecule has 0 spiro atoms. The van der Waals surface area contributed by atoms with Gasteiger partial charge in [-0.3, -0.25) is 0 Å². The third-order valence-corrected chi connectivity index (χ3v) is 3.49. The molecule has 0 aliphatic rings. The van der Waals surface area contributed by atoms with Gasteiger partial charge in [-0.15, -0.1) is 11.3 Å². The van der Waals surface area contributed by atoms with Crippen LogP contribution in [0.2, 0.25) is 0 Å². The molecule has 0 radical (unpaired) electrons. The highest BCUT2D eigenvalue weighted by Gasteiger charge is 1.99. The van der Waals surface area contributed by atoms with Crippen molar-refractivity contribution < 1.29 is 0 Å². The lowest BCUT2D eigenvalue weighted by Gasteiger charge is -2.09. The minimum Gasteiger partial charge on any atom is -0.309 e. The first-order chi connectivity index (χ1) is 5.72. The Balaban J connectivity index is 2.33. The minimum absolute atomic E-state index is 0.617. The number of nitrogens with one attached hydrogen (secondary N) is 1. The molecule has 1 nitrogen and oxygen atoms in total. The summed E-state index contributed by atoms with van der Waals surface area (Å²) in [5.74, 6) is 0. The van der Waals surface area contributed by atoms with Crippen molar-refractivity contribution in [2.45, 2.75) is 32.9 Å². The summed E-state index contributed by atoms with van der Waals surface area (Å²) < 4.78 is 1.21. The first kappa shape index (κ1) is 10.2. The number of hydrogen-bond acceptors (Lipinski definition) is 2. The maximum absolute atomic E-state index is 3.45. The standard InChI is InChI=1S/C9H14BrNS/c1-3-7(2)11-6-8-4-5-9(10)12-8/h4-5,7,11H,3,6H2,1-2H3/t7-/m0/s1. The smallest absolute Gasteiger partial charge is 0.0701 e. The van der Waals surface area contributed by atoms with Crippen LogP contribution in [0.5, 0.6) is 0 Å². The molecule has 0 fully saturated rings. The molecular formula is C9H14BrNS. The second-order valence-corrected chi connectivity index (χ2v) is 5.44. The number of hydrogen-bond donors (Lipinski definition) is 1. The Morgan fingerprint density at radius 2 is 2.33 bits per heavy atom. The topological polar surface area (TPSA) is 12.0 Å². The lowest BCUT2D eigenvalue weighted by atomic mass is 10.2. The molecule has 1 aromatic heterocycles. The van der Waals surface area contributed by atoms with E-state index in [0.29, 0.717) is 6.04 Å². The predicted octanol–water partition coefficient (Wildman–Crippen LogP) is 3.40. The van der Waals surface area contributed by atoms with Crippen LogP contribution in [-0.2, 0) is 6.54 Å². The van der Waals surface area contributed by atoms with Crippen LogP contribution < -0.4 is 5.32 Å². The zero-order valence-electron chi connectivity index (χ0n) is 7.43. The van der Waals surface area contributed by atoms with Crippen molar-refractivity contribution in [2.75, 3.05) is 0 Å². The van der Waals surface area contributed by atoms with Gasteiger partial charge in [0.05, 0.1) is 3.79 Å². The van der Waals surface area contributed by atoms with Crippen molar-refractivity contribution >= 4 is 27.3 Å². The Hall–Kier alpha value is 0.140. The lowest BCUT2D eigenvalue weighted by Crippen LogP contribution is -2.23. The van der Waals surface area contributed by atoms with Gasteiger partial charge in [0.15, 0.2) is 0 Å². The maximum atomic E-state index is 3.45. The lowest BCUT2D eigenvalue weighted by molar-refractivity contribution is 0.537. The van der Waals surface area contributed by atoms with Crippen LogP contribution in [0.25, 0.3) is 0 Å². The Labute approximate surface area is 86.3 Å². The molecule has 1 rings (SSSR count). The van der Waals surface area contributed by atoms with Crippen molar-refractivity contribution in [1.29, 1.82) is 0 Å². The molecular weight excluding hydrogens is 234 g/mol. The molecule has 0 bridgehead atoms. The van der Waals surface area contributed by atoms with E-state index in [2.05, 4.69) is 47.2 Å². The van der Waals surface area contributed by atoms with Gasteiger partial charge < -0.3 is 5.32 Å². The molecule has 1 aromatic rings. The summed E-state index contributed by atoms with van der Waals surface area (Å²) in [5.41, 5.74) is 0. The van der Waals surface area contributed by atoms with Gasteiger partial charge in [0.2, 0.25) is 0 Å². The zero-order chi connectivity index (χ0) is 8.97. The van der Waals surface area contributed by atoms with Crippen LogP contribution >= 0.6 is 27.3 Å². The molecule has 12 heavy (non-hydrogen) atoms. The third-order valence-electron chi connectivity index (χ3n) is 1.87. The quantitative estimate of drug-likeness (QED) is 0.861. The van der Waals surface area contributed by atoms with E-state index in [0.717, 1.165) is 6.54 Å². The van der Waals surface area contributed by atoms with Gasteiger partial charge in [0.1, 0.15) is 0 Å². The molecule has 0 aliphatic heterocycles. The maximum Gasteiger partial charge on any atom is 0.0701 e. The van der Waals surface area contributed by atoms with Gasteiger partial charge in [0, 0.05) is 17.5 Å². The molecule has 3 heteroatoms. The van der Waals surface area contributed by atoms with Crippen molar-refractivity contribution in [3.05, 3.63) is 20.8 Å². The highest BCUT2D eigenvalue weighted by molar-refractivity contribution is 9.11. The summed E-state index contributed by atoms with van der Waals surface area (Å²) in [5, 5.41) is 3.45. The van der Waals surface area contributed by atoms with Crippen LogP contribution in [0.1, 0.15) is 25.1 Å². The zero-order valence-corrected chi connectivity index (χ0v) is 9.83. The Morgan fingerprint density at radius 1 is 1.58 bits per heavy atom. The summed E-state index contributed by atoms with van der Waals surface area (Å²) in [6.07, 6.45) is 1.19. The summed E-state index contributed by atoms with van der Waals surface area (Å²) in [6.45, 7) is 5.40. The summed E-state index contributed by atoms with van der Waals surface area (Å²) in [6, 6.07) is 4.87. The fraction of sp³-hybridized carbons (Fsp3) is 0.556. The summed E-state index contributed by atoms with van der Waals surface area (Å²) >= 11 is 5.24. The number of thiophene rings is 1. The number of halogens is 1. The van der Waals surface area contributed by atoms with Crippen molar-refractivity contribution in [1.82, 2.24) is 5.32 Å². The van der Waals surface area contributed by atoms with Gasteiger partial charge in [-0.2, -0.15) is 0 Å². The SMILES string of the molecule is CC[C@H](C)NCc1ccc(Br)s1. The highest BCUT2D eigenvalue weighted by atomic mass is 79.9. The summed E-state index contributed by atoms with van der Waals surface area (Å²) in [4.78, 5) is 1.39. The average molecular weight is 248 g/mol. The van der Waals surface area contributed by atoms with Crippen molar-refractivity contribution in [3.8, 4) is 0 Å². The fourth-order valence-corrected chi connectivity index (χ4v) is 2.30. The van der Waals surface area contributed by atoms with Gasteiger partial charge in [-0.25, -0.2) is 0 Å². The highest BCUT2D eigenvalue weighted by Crippen LogP contribution is 2.21.